The van der Waals surface area contributed by atoms with Crippen molar-refractivity contribution < 1.29 is 29.9 Å². The molecule has 0 aromatic heterocycles. The molecule has 0 aliphatic carbocycles. The summed E-state index contributed by atoms with van der Waals surface area (Å²) in [7, 11) is 0. The summed E-state index contributed by atoms with van der Waals surface area (Å²) in [4.78, 5) is 19.7. The summed E-state index contributed by atoms with van der Waals surface area (Å²) in [5.41, 5.74) is 1.41. The number of quaternary nitrogens is 1. The molecule has 0 aromatic carbocycles. The lowest BCUT2D eigenvalue weighted by molar-refractivity contribution is -0.454. The number of carboxylic acid groups (broad SMARTS) is 2. The van der Waals surface area contributed by atoms with Crippen LogP contribution in [0.5, 0.6) is 0 Å². The Morgan fingerprint density at radius 1 is 1.44 bits per heavy atom. The third-order valence-corrected chi connectivity index (χ3v) is 4.40. The summed E-state index contributed by atoms with van der Waals surface area (Å²) in [5.74, 6) is -1.90. The fourth-order valence-corrected chi connectivity index (χ4v) is 3.04. The Hall–Kier alpha value is -0.820. The van der Waals surface area contributed by atoms with Gasteiger partial charge in [0.15, 0.2) is 5.67 Å². The molecule has 1 heterocycles. The average molecular weight is 252 g/mol. The summed E-state index contributed by atoms with van der Waals surface area (Å²) < 4.78 is 14.5. The molecule has 92 valence electrons. The summed E-state index contributed by atoms with van der Waals surface area (Å²) in [6.45, 7) is 0. The quantitative estimate of drug-likeness (QED) is 0.659. The first kappa shape index (κ1) is 13.2. The topological polar surface area (TPSA) is 102 Å². The molecule has 16 heavy (non-hydrogen) atoms. The van der Waals surface area contributed by atoms with Gasteiger partial charge in [0.05, 0.1) is 0 Å². The number of hydrogen-bond donors (Lipinski definition) is 3. The summed E-state index contributed by atoms with van der Waals surface area (Å²) in [6.07, 6.45) is -0.0683. The van der Waals surface area contributed by atoms with E-state index in [0.717, 1.165) is 11.8 Å². The van der Waals surface area contributed by atoms with Crippen LogP contribution in [0.15, 0.2) is 0 Å². The van der Waals surface area contributed by atoms with Crippen LogP contribution in [-0.2, 0) is 9.59 Å². The van der Waals surface area contributed by atoms with Crippen molar-refractivity contribution in [2.24, 2.45) is 0 Å². The van der Waals surface area contributed by atoms with E-state index in [1.54, 1.807) is 0 Å². The second-order valence-corrected chi connectivity index (χ2v) is 5.34. The number of rotatable bonds is 4. The lowest BCUT2D eigenvalue weighted by Gasteiger charge is -2.38. The fourth-order valence-electron chi connectivity index (χ4n) is 1.82. The maximum Gasteiger partial charge on any atom is 0.380 e. The van der Waals surface area contributed by atoms with E-state index in [1.807, 2.05) is 0 Å². The van der Waals surface area contributed by atoms with Gasteiger partial charge in [-0.05, 0) is 19.3 Å². The molecule has 5 N–H and O–H groups in total. The maximum absolute atomic E-state index is 14.5. The largest absolute Gasteiger partial charge is 0.481 e. The molecule has 0 aromatic rings. The predicted octanol–water partition coefficient (Wildman–Crippen LogP) is 0.109. The van der Waals surface area contributed by atoms with Crippen molar-refractivity contribution >= 4 is 23.7 Å². The first-order valence-electron chi connectivity index (χ1n) is 4.95. The van der Waals surface area contributed by atoms with E-state index in [-0.39, 0.29) is 19.3 Å². The minimum absolute atomic E-state index is 0.0586. The van der Waals surface area contributed by atoms with Gasteiger partial charge in [-0.15, -0.1) is 0 Å². The van der Waals surface area contributed by atoms with Gasteiger partial charge >= 0.3 is 11.9 Å². The number of hydrogen-bond acceptors (Lipinski definition) is 3. The number of carbonyl (C=O) groups is 2. The molecule has 1 fully saturated rings. The van der Waals surface area contributed by atoms with Gasteiger partial charge in [-0.3, -0.25) is 4.79 Å². The Balaban J connectivity index is 2.87. The third kappa shape index (κ3) is 2.30. The van der Waals surface area contributed by atoms with Crippen molar-refractivity contribution in [2.45, 2.75) is 36.2 Å². The minimum Gasteiger partial charge on any atom is -0.481 e. The highest BCUT2D eigenvalue weighted by atomic mass is 32.2. The van der Waals surface area contributed by atoms with Crippen LogP contribution in [0.3, 0.4) is 0 Å². The Morgan fingerprint density at radius 3 is 2.56 bits per heavy atom. The normalized spacial score (nSPS) is 34.6. The third-order valence-electron chi connectivity index (χ3n) is 2.87. The Kier molecular flexibility index (Phi) is 3.80. The zero-order valence-corrected chi connectivity index (χ0v) is 9.56. The summed E-state index contributed by atoms with van der Waals surface area (Å²) in [5, 5.41) is 17.6. The number of alkyl halides is 1. The molecule has 2 atom stereocenters. The molecule has 1 aliphatic heterocycles. The Bertz CT molecular complexity index is 314. The zero-order valence-electron chi connectivity index (χ0n) is 8.74. The van der Waals surface area contributed by atoms with Gasteiger partial charge in [0.2, 0.25) is 0 Å². The van der Waals surface area contributed by atoms with E-state index in [0.29, 0.717) is 12.2 Å². The highest BCUT2D eigenvalue weighted by Crippen LogP contribution is 2.44. The van der Waals surface area contributed by atoms with Gasteiger partial charge in [0.1, 0.15) is 0 Å². The predicted molar refractivity (Wildman–Crippen MR) is 55.7 cm³/mol. The van der Waals surface area contributed by atoms with Crippen molar-refractivity contribution in [3.63, 3.8) is 0 Å². The highest BCUT2D eigenvalue weighted by Gasteiger charge is 2.61. The molecule has 0 amide bonds. The first-order valence-corrected chi connectivity index (χ1v) is 5.94. The molecule has 0 bridgehead atoms. The van der Waals surface area contributed by atoms with Gasteiger partial charge in [-0.1, -0.05) is 11.8 Å². The Labute approximate surface area is 96.2 Å². The zero-order chi connectivity index (χ0) is 12.4. The van der Waals surface area contributed by atoms with Gasteiger partial charge in [0.25, 0.3) is 4.87 Å². The van der Waals surface area contributed by atoms with Crippen LogP contribution < -0.4 is 5.73 Å². The number of carboxylic acids is 2. The molecule has 1 saturated heterocycles. The van der Waals surface area contributed by atoms with Crippen LogP contribution in [0.25, 0.3) is 0 Å². The molecular formula is C9H15FNO4S+. The van der Waals surface area contributed by atoms with Crippen LogP contribution in [0, 0.1) is 0 Å². The monoisotopic (exact) mass is 252 g/mol. The molecule has 0 spiro atoms. The van der Waals surface area contributed by atoms with Gasteiger partial charge in [-0.25, -0.2) is 9.18 Å². The van der Waals surface area contributed by atoms with E-state index in [9.17, 15) is 14.0 Å². The van der Waals surface area contributed by atoms with Crippen molar-refractivity contribution in [2.75, 3.05) is 5.75 Å². The van der Waals surface area contributed by atoms with Crippen LogP contribution in [-0.4, -0.2) is 38.4 Å². The van der Waals surface area contributed by atoms with Crippen LogP contribution in [0.2, 0.25) is 0 Å². The molecule has 1 rings (SSSR count). The van der Waals surface area contributed by atoms with Crippen LogP contribution >= 0.6 is 11.8 Å². The average Bonchev–Trinajstić information content (AvgIpc) is 2.20. The molecule has 2 unspecified atom stereocenters. The number of aliphatic carboxylic acids is 2. The smallest absolute Gasteiger partial charge is 0.380 e. The van der Waals surface area contributed by atoms with Gasteiger partial charge in [0, 0.05) is 12.2 Å². The lowest BCUT2D eigenvalue weighted by atomic mass is 9.86. The van der Waals surface area contributed by atoms with E-state index in [1.165, 1.54) is 0 Å². The van der Waals surface area contributed by atoms with E-state index in [2.05, 4.69) is 5.73 Å². The molecular weight excluding hydrogens is 237 g/mol. The second-order valence-electron chi connectivity index (χ2n) is 3.94. The van der Waals surface area contributed by atoms with Gasteiger partial charge < -0.3 is 15.9 Å². The van der Waals surface area contributed by atoms with Crippen molar-refractivity contribution in [1.29, 1.82) is 0 Å². The van der Waals surface area contributed by atoms with Crippen molar-refractivity contribution in [3.8, 4) is 0 Å². The van der Waals surface area contributed by atoms with Crippen LogP contribution in [0.4, 0.5) is 4.39 Å². The molecule has 7 heteroatoms. The van der Waals surface area contributed by atoms with Crippen molar-refractivity contribution in [1.82, 2.24) is 0 Å². The van der Waals surface area contributed by atoms with Crippen molar-refractivity contribution in [3.05, 3.63) is 0 Å². The minimum atomic E-state index is -2.04. The maximum atomic E-state index is 14.5. The standard InChI is InChI=1S/C9H14FNO4S/c10-8(4-2-6(12)13)3-1-5-16-9(8,11)7(14)15/h1-5,11H2,(H,12,13)(H,14,15)/p+1. The Morgan fingerprint density at radius 2 is 2.06 bits per heavy atom. The SMILES string of the molecule is [NH3+]C1(C(=O)O)SCCCC1(F)CCC(=O)O. The molecule has 1 aliphatic rings. The number of thioether (sulfide) groups is 1. The number of halogens is 1. The highest BCUT2D eigenvalue weighted by molar-refractivity contribution is 8.01. The van der Waals surface area contributed by atoms with E-state index < -0.39 is 22.5 Å². The summed E-state index contributed by atoms with van der Waals surface area (Å²) in [6, 6.07) is 0. The molecule has 0 radical (unpaired) electrons. The van der Waals surface area contributed by atoms with Crippen LogP contribution in [0.1, 0.15) is 25.7 Å². The van der Waals surface area contributed by atoms with E-state index in [4.69, 9.17) is 10.2 Å². The lowest BCUT2D eigenvalue weighted by Crippen LogP contribution is -2.84. The first-order chi connectivity index (χ1) is 7.32. The molecule has 5 nitrogen and oxygen atoms in total. The second kappa shape index (κ2) is 4.58. The molecule has 0 saturated carbocycles. The van der Waals surface area contributed by atoms with Gasteiger partial charge in [-0.2, -0.15) is 0 Å². The summed E-state index contributed by atoms with van der Waals surface area (Å²) >= 11 is 0.954. The fraction of sp³-hybridized carbons (Fsp3) is 0.778. The van der Waals surface area contributed by atoms with E-state index >= 15 is 0 Å².